The van der Waals surface area contributed by atoms with Gasteiger partial charge in [-0.2, -0.15) is 0 Å². The molecule has 352 valence electrons. The van der Waals surface area contributed by atoms with Gasteiger partial charge in [0.25, 0.3) is 11.8 Å². The normalized spacial score (nSPS) is 15.7. The van der Waals surface area contributed by atoms with Crippen molar-refractivity contribution in [3.05, 3.63) is 72.1 Å². The van der Waals surface area contributed by atoms with Crippen molar-refractivity contribution < 1.29 is 67.1 Å². The topological polar surface area (TPSA) is 266 Å². The molecule has 4 heterocycles. The van der Waals surface area contributed by atoms with E-state index < -0.39 is 66.4 Å². The number of esters is 1. The van der Waals surface area contributed by atoms with Crippen LogP contribution in [0, 0.1) is 0 Å². The van der Waals surface area contributed by atoms with E-state index in [9.17, 15) is 43.5 Å². The minimum Gasteiger partial charge on any atom is -0.496 e. The summed E-state index contributed by atoms with van der Waals surface area (Å²) < 4.78 is 25.7. The Hall–Kier alpha value is -7.78. The highest BCUT2D eigenvalue weighted by molar-refractivity contribution is 6.00. The van der Waals surface area contributed by atoms with Crippen LogP contribution in [0.15, 0.2) is 60.7 Å². The number of carboxylic acid groups (broad SMARTS) is 1. The Morgan fingerprint density at radius 2 is 1.02 bits per heavy atom. The van der Waals surface area contributed by atoms with Crippen molar-refractivity contribution in [1.29, 1.82) is 0 Å². The fraction of sp³-hybridized carbons (Fsp3) is 0.409. The van der Waals surface area contributed by atoms with Crippen molar-refractivity contribution in [3.63, 3.8) is 0 Å². The van der Waals surface area contributed by atoms with E-state index >= 15 is 0 Å². The van der Waals surface area contributed by atoms with Gasteiger partial charge in [0.1, 0.15) is 35.0 Å². The molecule has 0 bridgehead atoms. The zero-order chi connectivity index (χ0) is 47.9. The maximum Gasteiger partial charge on any atom is 0.409 e. The maximum absolute atomic E-state index is 12.9. The van der Waals surface area contributed by atoms with Crippen LogP contribution in [0.5, 0.6) is 11.5 Å². The van der Waals surface area contributed by atoms with Crippen LogP contribution in [0.25, 0.3) is 21.8 Å². The molecule has 22 nitrogen and oxygen atoms in total. The number of benzene rings is 2. The Morgan fingerprint density at radius 3 is 1.42 bits per heavy atom. The quantitative estimate of drug-likeness (QED) is 0.128. The molecule has 2 saturated heterocycles. The lowest BCUT2D eigenvalue weighted by Crippen LogP contribution is -2.61. The average Bonchev–Trinajstić information content (AvgIpc) is 3.33. The molecule has 6 amide bonds. The second-order valence-electron chi connectivity index (χ2n) is 14.4. The van der Waals surface area contributed by atoms with Gasteiger partial charge in [0, 0.05) is 49.1 Å². The van der Waals surface area contributed by atoms with E-state index in [0.29, 0.717) is 22.5 Å². The van der Waals surface area contributed by atoms with Crippen molar-refractivity contribution in [1.82, 2.24) is 40.2 Å². The molecule has 2 aromatic carbocycles. The number of para-hydroxylation sites is 2. The van der Waals surface area contributed by atoms with Gasteiger partial charge >= 0.3 is 24.1 Å². The molecule has 66 heavy (non-hydrogen) atoms. The van der Waals surface area contributed by atoms with Gasteiger partial charge in [0.2, 0.25) is 11.8 Å². The number of amides is 6. The van der Waals surface area contributed by atoms with E-state index in [-0.39, 0.29) is 77.0 Å². The molecule has 2 aromatic heterocycles. The number of piperazine rings is 2. The van der Waals surface area contributed by atoms with E-state index in [4.69, 9.17) is 23.7 Å². The Labute approximate surface area is 379 Å². The highest BCUT2D eigenvalue weighted by atomic mass is 16.6. The van der Waals surface area contributed by atoms with E-state index in [1.807, 2.05) is 24.3 Å². The number of hydrogen-bond acceptors (Lipinski definition) is 15. The van der Waals surface area contributed by atoms with Gasteiger partial charge in [-0.3, -0.25) is 19.2 Å². The van der Waals surface area contributed by atoms with Gasteiger partial charge in [-0.1, -0.05) is 24.3 Å². The highest BCUT2D eigenvalue weighted by Crippen LogP contribution is 2.26. The zero-order valence-corrected chi connectivity index (χ0v) is 37.1. The second kappa shape index (κ2) is 23.2. The Morgan fingerprint density at radius 1 is 0.606 bits per heavy atom. The summed E-state index contributed by atoms with van der Waals surface area (Å²) in [6, 6.07) is 15.1. The van der Waals surface area contributed by atoms with E-state index in [1.165, 1.54) is 41.1 Å². The Balaban J connectivity index is 0.000000248. The molecule has 4 aromatic rings. The third-order valence-corrected chi connectivity index (χ3v) is 10.4. The fourth-order valence-electron chi connectivity index (χ4n) is 7.13. The van der Waals surface area contributed by atoms with E-state index in [1.54, 1.807) is 45.0 Å². The minimum atomic E-state index is -1.25. The molecule has 22 heteroatoms. The smallest absolute Gasteiger partial charge is 0.409 e. The number of ether oxygens (including phenoxy) is 5. The predicted molar refractivity (Wildman–Crippen MR) is 234 cm³/mol. The lowest BCUT2D eigenvalue weighted by molar-refractivity contribution is -0.157. The van der Waals surface area contributed by atoms with Crippen LogP contribution in [-0.4, -0.2) is 181 Å². The highest BCUT2D eigenvalue weighted by Gasteiger charge is 2.39. The molecule has 0 radical (unpaired) electrons. The van der Waals surface area contributed by atoms with Crippen LogP contribution in [0.3, 0.4) is 0 Å². The van der Waals surface area contributed by atoms with Gasteiger partial charge in [0.05, 0.1) is 71.3 Å². The largest absolute Gasteiger partial charge is 0.496 e. The lowest BCUT2D eigenvalue weighted by atomic mass is 10.1. The van der Waals surface area contributed by atoms with Crippen molar-refractivity contribution in [2.75, 3.05) is 86.4 Å². The SMILES string of the molecule is CCOC(=O)C1CN(C(=O)OCC)CCN1C(=O)CNC(=O)c1cc(OC)c2ccccc2n1.CCOC(=O)N1CCN(C(=O)CNC(=O)c2cc(OC)c3ccccc3n2)C(C(=O)O)C1. The van der Waals surface area contributed by atoms with Crippen molar-refractivity contribution >= 4 is 69.6 Å². The Kier molecular flexibility index (Phi) is 17.3. The molecular formula is C44H52N8O14. The standard InChI is InChI=1S/C23H28N4O7.C21H24N4O7/c1-4-33-22(30)18-14-26(23(31)34-5-2)10-11-27(18)20(28)13-24-21(29)17-12-19(32-3)15-8-6-7-9-16(15)25-17;1-3-32-21(30)24-8-9-25(16(12-24)20(28)29)18(26)11-22-19(27)15-10-17(31-2)13-6-4-5-7-14(13)23-15/h6-9,12,18H,4-5,10-11,13-14H2,1-3H3,(H,24,29);4-7,10,16H,3,8-9,11-12H2,1-2H3,(H,22,27)(H,28,29). The fourth-order valence-corrected chi connectivity index (χ4v) is 7.13. The first kappa shape index (κ1) is 49.2. The average molecular weight is 917 g/mol. The molecule has 3 N–H and O–H groups in total. The number of rotatable bonds is 13. The van der Waals surface area contributed by atoms with Gasteiger partial charge in [-0.25, -0.2) is 29.1 Å². The summed E-state index contributed by atoms with van der Waals surface area (Å²) in [6.45, 7) is 4.87. The number of aromatic nitrogens is 2. The van der Waals surface area contributed by atoms with Crippen molar-refractivity contribution in [2.45, 2.75) is 32.9 Å². The number of pyridine rings is 2. The summed E-state index contributed by atoms with van der Waals surface area (Å²) in [7, 11) is 2.98. The van der Waals surface area contributed by atoms with E-state index in [0.717, 1.165) is 15.7 Å². The molecule has 0 saturated carbocycles. The molecule has 2 unspecified atom stereocenters. The summed E-state index contributed by atoms with van der Waals surface area (Å²) in [5.41, 5.74) is 1.30. The Bertz CT molecular complexity index is 2450. The van der Waals surface area contributed by atoms with Crippen molar-refractivity contribution in [2.24, 2.45) is 0 Å². The zero-order valence-electron chi connectivity index (χ0n) is 37.1. The van der Waals surface area contributed by atoms with Crippen LogP contribution in [0.4, 0.5) is 9.59 Å². The second-order valence-corrected chi connectivity index (χ2v) is 14.4. The summed E-state index contributed by atoms with van der Waals surface area (Å²) in [4.78, 5) is 113. The summed E-state index contributed by atoms with van der Waals surface area (Å²) in [5.74, 6) is -3.15. The maximum atomic E-state index is 12.9. The van der Waals surface area contributed by atoms with Crippen LogP contribution < -0.4 is 20.1 Å². The van der Waals surface area contributed by atoms with Crippen LogP contribution in [-0.2, 0) is 33.4 Å². The van der Waals surface area contributed by atoms with Gasteiger partial charge in [0.15, 0.2) is 0 Å². The first-order chi connectivity index (χ1) is 31.7. The molecule has 6 rings (SSSR count). The molecular weight excluding hydrogens is 865 g/mol. The first-order valence-corrected chi connectivity index (χ1v) is 21.0. The minimum absolute atomic E-state index is 0.00648. The monoisotopic (exact) mass is 916 g/mol. The number of methoxy groups -OCH3 is 2. The predicted octanol–water partition coefficient (Wildman–Crippen LogP) is 1.93. The van der Waals surface area contributed by atoms with Gasteiger partial charge in [-0.15, -0.1) is 0 Å². The number of carbonyl (C=O) groups is 8. The van der Waals surface area contributed by atoms with Crippen molar-refractivity contribution in [3.8, 4) is 11.5 Å². The molecule has 2 fully saturated rings. The number of nitrogens with one attached hydrogen (secondary N) is 2. The van der Waals surface area contributed by atoms with Gasteiger partial charge < -0.3 is 59.0 Å². The number of carbonyl (C=O) groups excluding carboxylic acids is 7. The third kappa shape index (κ3) is 12.1. The first-order valence-electron chi connectivity index (χ1n) is 21.0. The molecule has 0 aliphatic carbocycles. The van der Waals surface area contributed by atoms with Gasteiger partial charge in [-0.05, 0) is 45.0 Å². The van der Waals surface area contributed by atoms with Crippen LogP contribution >= 0.6 is 0 Å². The number of carboxylic acids is 1. The number of nitrogens with zero attached hydrogens (tertiary/aromatic N) is 6. The van der Waals surface area contributed by atoms with E-state index in [2.05, 4.69) is 20.6 Å². The number of aliphatic carboxylic acids is 1. The summed E-state index contributed by atoms with van der Waals surface area (Å²) in [5, 5.41) is 16.0. The summed E-state index contributed by atoms with van der Waals surface area (Å²) in [6.07, 6.45) is -1.19. The van der Waals surface area contributed by atoms with Crippen LogP contribution in [0.1, 0.15) is 41.7 Å². The third-order valence-electron chi connectivity index (χ3n) is 10.4. The summed E-state index contributed by atoms with van der Waals surface area (Å²) >= 11 is 0. The number of fused-ring (bicyclic) bond motifs is 2. The lowest BCUT2D eigenvalue weighted by Gasteiger charge is -2.39. The van der Waals surface area contributed by atoms with Crippen LogP contribution in [0.2, 0.25) is 0 Å². The molecule has 0 spiro atoms. The molecule has 2 aliphatic heterocycles. The molecule has 2 atom stereocenters. The number of hydrogen-bond donors (Lipinski definition) is 3. The molecule has 2 aliphatic rings.